The molecule has 2 aliphatic heterocycles. The largest absolute Gasteiger partial charge is 0.352 e. The number of aromatic amines is 1. The summed E-state index contributed by atoms with van der Waals surface area (Å²) in [7, 11) is 0. The first-order valence-electron chi connectivity index (χ1n) is 15.1. The maximum atomic E-state index is 16.9. The highest BCUT2D eigenvalue weighted by atomic mass is 35.5. The lowest BCUT2D eigenvalue weighted by Gasteiger charge is -2.40. The van der Waals surface area contributed by atoms with Gasteiger partial charge in [-0.1, -0.05) is 24.2 Å². The van der Waals surface area contributed by atoms with Crippen molar-refractivity contribution in [2.75, 3.05) is 42.9 Å². The lowest BCUT2D eigenvalue weighted by atomic mass is 9.95. The number of benzene rings is 2. The number of nitrogens with one attached hydrogen (secondary N) is 2. The van der Waals surface area contributed by atoms with Crippen LogP contribution in [0.5, 0.6) is 0 Å². The number of amides is 1. The molecule has 2 saturated heterocycles. The van der Waals surface area contributed by atoms with E-state index in [0.29, 0.717) is 47.9 Å². The average Bonchev–Trinajstić information content (AvgIpc) is 3.75. The normalized spacial score (nSPS) is 20.2. The van der Waals surface area contributed by atoms with Crippen molar-refractivity contribution in [2.45, 2.75) is 57.7 Å². The summed E-state index contributed by atoms with van der Waals surface area (Å²) >= 11 is 6.92. The van der Waals surface area contributed by atoms with E-state index in [0.717, 1.165) is 48.4 Å². The van der Waals surface area contributed by atoms with E-state index in [1.54, 1.807) is 17.2 Å². The van der Waals surface area contributed by atoms with Crippen molar-refractivity contribution in [3.8, 4) is 11.1 Å². The molecule has 1 aliphatic carbocycles. The minimum absolute atomic E-state index is 0.0756. The van der Waals surface area contributed by atoms with Crippen LogP contribution in [-0.2, 0) is 4.79 Å². The van der Waals surface area contributed by atoms with Crippen LogP contribution >= 0.6 is 11.6 Å². The molecule has 1 saturated carbocycles. The van der Waals surface area contributed by atoms with Gasteiger partial charge in [0.25, 0.3) is 0 Å². The highest BCUT2D eigenvalue weighted by Crippen LogP contribution is 2.42. The molecule has 4 heterocycles. The third-order valence-electron chi connectivity index (χ3n) is 9.26. The van der Waals surface area contributed by atoms with Crippen LogP contribution in [0.1, 0.15) is 38.2 Å². The Morgan fingerprint density at radius 3 is 2.63 bits per heavy atom. The predicted octanol–water partition coefficient (Wildman–Crippen LogP) is 5.54. The number of rotatable bonds is 6. The molecule has 9 nitrogen and oxygen atoms in total. The number of likely N-dealkylation sites (tertiary alicyclic amines) is 1. The van der Waals surface area contributed by atoms with E-state index in [1.807, 2.05) is 26.0 Å². The highest BCUT2D eigenvalue weighted by molar-refractivity contribution is 6.35. The van der Waals surface area contributed by atoms with Crippen molar-refractivity contribution < 1.29 is 9.18 Å². The molecule has 4 aromatic rings. The number of nitrogens with zero attached hydrogens (tertiary/aromatic N) is 6. The number of piperidine rings is 1. The van der Waals surface area contributed by atoms with Gasteiger partial charge in [-0.2, -0.15) is 10.1 Å². The molecule has 7 rings (SSSR count). The van der Waals surface area contributed by atoms with Gasteiger partial charge >= 0.3 is 0 Å². The molecular weight excluding hydrogens is 567 g/mol. The Bertz CT molecular complexity index is 1730. The van der Waals surface area contributed by atoms with E-state index in [2.05, 4.69) is 31.9 Å². The van der Waals surface area contributed by atoms with Crippen molar-refractivity contribution in [2.24, 2.45) is 0 Å². The molecular formula is C32H36ClFN8O. The molecule has 1 atom stereocenters. The molecule has 2 aromatic heterocycles. The molecule has 43 heavy (non-hydrogen) atoms. The summed E-state index contributed by atoms with van der Waals surface area (Å²) in [4.78, 5) is 28.7. The third kappa shape index (κ3) is 5.10. The van der Waals surface area contributed by atoms with Gasteiger partial charge in [0.05, 0.1) is 16.7 Å². The number of aryl methyl sites for hydroxylation is 1. The summed E-state index contributed by atoms with van der Waals surface area (Å²) in [6.45, 7) is 11.3. The Balaban J connectivity index is 1.32. The summed E-state index contributed by atoms with van der Waals surface area (Å²) in [6, 6.07) is 6.54. The van der Waals surface area contributed by atoms with E-state index in [1.165, 1.54) is 18.9 Å². The number of fused-ring (bicyclic) bond motifs is 2. The molecule has 0 unspecified atom stereocenters. The molecule has 0 bridgehead atoms. The van der Waals surface area contributed by atoms with Crippen LogP contribution in [0.4, 0.5) is 16.2 Å². The molecule has 0 radical (unpaired) electrons. The van der Waals surface area contributed by atoms with E-state index in [9.17, 15) is 4.79 Å². The van der Waals surface area contributed by atoms with Crippen LogP contribution in [0, 0.1) is 12.7 Å². The number of aromatic nitrogens is 4. The van der Waals surface area contributed by atoms with E-state index in [-0.39, 0.29) is 28.5 Å². The number of carbonyl (C=O) groups is 1. The van der Waals surface area contributed by atoms with Gasteiger partial charge in [-0.3, -0.25) is 9.89 Å². The smallest absolute Gasteiger partial charge is 0.246 e. The van der Waals surface area contributed by atoms with Crippen LogP contribution in [0.15, 0.2) is 37.1 Å². The second-order valence-electron chi connectivity index (χ2n) is 12.1. The van der Waals surface area contributed by atoms with Crippen molar-refractivity contribution in [1.82, 2.24) is 30.0 Å². The molecule has 11 heteroatoms. The number of piperazine rings is 1. The molecule has 1 amide bonds. The number of H-pyrrole nitrogens is 1. The van der Waals surface area contributed by atoms with Crippen molar-refractivity contribution in [3.63, 3.8) is 0 Å². The summed E-state index contributed by atoms with van der Waals surface area (Å²) in [5, 5.41) is 12.3. The van der Waals surface area contributed by atoms with Gasteiger partial charge in [-0.25, -0.2) is 9.37 Å². The number of anilines is 2. The quantitative estimate of drug-likeness (QED) is 0.280. The average molecular weight is 603 g/mol. The number of carbonyl (C=O) groups excluding carboxylic acids is 1. The number of hydrogen-bond acceptors (Lipinski definition) is 7. The molecule has 2 N–H and O–H groups in total. The molecule has 0 spiro atoms. The van der Waals surface area contributed by atoms with Crippen LogP contribution in [0.3, 0.4) is 0 Å². The Labute approximate surface area is 255 Å². The summed E-state index contributed by atoms with van der Waals surface area (Å²) in [5.41, 5.74) is 2.92. The molecule has 3 fully saturated rings. The lowest BCUT2D eigenvalue weighted by molar-refractivity contribution is -0.128. The minimum Gasteiger partial charge on any atom is -0.352 e. The van der Waals surface area contributed by atoms with Crippen molar-refractivity contribution >= 4 is 51.1 Å². The molecule has 3 aliphatic rings. The second kappa shape index (κ2) is 11.1. The molecule has 224 valence electrons. The summed E-state index contributed by atoms with van der Waals surface area (Å²) in [6.07, 6.45) is 7.63. The van der Waals surface area contributed by atoms with Crippen molar-refractivity contribution in [1.29, 1.82) is 0 Å². The maximum Gasteiger partial charge on any atom is 0.246 e. The Morgan fingerprint density at radius 1 is 1.12 bits per heavy atom. The SMILES string of the molecule is C=CC(=O)N1CCN(c2nc(NC3CCN(C4CC4)CC3)nc3c(F)c(-c4c(C)ccc5[nH]ncc45)c(Cl)cc23)C[C@H]1C. The first kappa shape index (κ1) is 28.0. The third-order valence-corrected chi connectivity index (χ3v) is 9.55. The Hall–Kier alpha value is -3.76. The fourth-order valence-electron chi connectivity index (χ4n) is 6.80. The van der Waals surface area contributed by atoms with E-state index in [4.69, 9.17) is 21.6 Å². The van der Waals surface area contributed by atoms with Crippen LogP contribution in [0.25, 0.3) is 32.9 Å². The lowest BCUT2D eigenvalue weighted by Crippen LogP contribution is -2.54. The zero-order valence-electron chi connectivity index (χ0n) is 24.5. The van der Waals surface area contributed by atoms with Gasteiger partial charge in [0.1, 0.15) is 11.3 Å². The zero-order chi connectivity index (χ0) is 29.8. The zero-order valence-corrected chi connectivity index (χ0v) is 25.3. The minimum atomic E-state index is -0.483. The topological polar surface area (TPSA) is 93.3 Å². The van der Waals surface area contributed by atoms with Gasteiger partial charge < -0.3 is 20.0 Å². The first-order valence-corrected chi connectivity index (χ1v) is 15.5. The summed E-state index contributed by atoms with van der Waals surface area (Å²) < 4.78 is 16.9. The molecule has 2 aromatic carbocycles. The second-order valence-corrected chi connectivity index (χ2v) is 12.5. The van der Waals surface area contributed by atoms with Gasteiger partial charge in [0.2, 0.25) is 11.9 Å². The monoisotopic (exact) mass is 602 g/mol. The van der Waals surface area contributed by atoms with Crippen molar-refractivity contribution in [3.05, 3.63) is 53.5 Å². The first-order chi connectivity index (χ1) is 20.8. The fraction of sp³-hybridized carbons (Fsp3) is 0.438. The fourth-order valence-corrected chi connectivity index (χ4v) is 7.09. The Morgan fingerprint density at radius 2 is 1.91 bits per heavy atom. The van der Waals surface area contributed by atoms with Gasteiger partial charge in [-0.05, 0) is 63.3 Å². The van der Waals surface area contributed by atoms with Gasteiger partial charge in [0, 0.05) is 72.7 Å². The number of hydrogen-bond donors (Lipinski definition) is 2. The predicted molar refractivity (Wildman–Crippen MR) is 169 cm³/mol. The summed E-state index contributed by atoms with van der Waals surface area (Å²) in [5.74, 6) is 0.450. The van der Waals surface area contributed by atoms with Gasteiger partial charge in [-0.15, -0.1) is 0 Å². The number of halogens is 2. The van der Waals surface area contributed by atoms with E-state index < -0.39 is 5.82 Å². The standard InChI is InChI=1S/C32H36ClFN8O/c1-4-26(43)42-14-13-41(17-19(42)3)31-22-15-24(33)28(27-18(2)5-8-25-23(27)16-35-39-25)29(34)30(22)37-32(38-31)36-20-9-11-40(12-10-20)21-6-7-21/h4-5,8,15-16,19-21H,1,6-7,9-14,17H2,2-3H3,(H,35,39)(H,36,37,38)/t19-/m1/s1. The van der Waals surface area contributed by atoms with Crippen LogP contribution < -0.4 is 10.2 Å². The van der Waals surface area contributed by atoms with Crippen LogP contribution in [-0.4, -0.2) is 86.7 Å². The van der Waals surface area contributed by atoms with Gasteiger partial charge in [0.15, 0.2) is 5.82 Å². The Kier molecular flexibility index (Phi) is 7.21. The maximum absolute atomic E-state index is 16.9. The van der Waals surface area contributed by atoms with Crippen LogP contribution in [0.2, 0.25) is 5.02 Å². The van der Waals surface area contributed by atoms with E-state index >= 15 is 4.39 Å². The highest BCUT2D eigenvalue weighted by Gasteiger charge is 2.33.